The summed E-state index contributed by atoms with van der Waals surface area (Å²) in [5, 5.41) is 14.4. The number of likely N-dealkylation sites (N-methyl/N-ethyl adjacent to an activating group) is 1. The van der Waals surface area contributed by atoms with Gasteiger partial charge in [-0.15, -0.1) is 5.10 Å². The van der Waals surface area contributed by atoms with Crippen LogP contribution in [0.2, 0.25) is 0 Å². The molecule has 1 amide bonds. The van der Waals surface area contributed by atoms with Gasteiger partial charge in [0.15, 0.2) is 5.69 Å². The predicted octanol–water partition coefficient (Wildman–Crippen LogP) is 0.381. The molecule has 5 nitrogen and oxygen atoms in total. The molecule has 0 unspecified atom stereocenters. The molecule has 6 heteroatoms. The van der Waals surface area contributed by atoms with Crippen molar-refractivity contribution in [2.75, 3.05) is 13.7 Å². The number of rotatable bonds is 3. The monoisotopic (exact) mass is 215 g/mol. The minimum absolute atomic E-state index is 0.0905. The Kier molecular flexibility index (Phi) is 3.17. The number of aliphatic hydroxyl groups excluding tert-OH is 1. The van der Waals surface area contributed by atoms with E-state index < -0.39 is 5.54 Å². The molecule has 14 heavy (non-hydrogen) atoms. The highest BCUT2D eigenvalue weighted by atomic mass is 32.1. The second-order valence-electron chi connectivity index (χ2n) is 3.62. The third kappa shape index (κ3) is 2.08. The summed E-state index contributed by atoms with van der Waals surface area (Å²) in [7, 11) is 1.64. The van der Waals surface area contributed by atoms with Gasteiger partial charge in [0.2, 0.25) is 0 Å². The van der Waals surface area contributed by atoms with Crippen molar-refractivity contribution < 1.29 is 9.90 Å². The minimum Gasteiger partial charge on any atom is -0.394 e. The zero-order chi connectivity index (χ0) is 10.8. The van der Waals surface area contributed by atoms with Gasteiger partial charge in [0.1, 0.15) is 0 Å². The van der Waals surface area contributed by atoms with Crippen LogP contribution >= 0.6 is 11.5 Å². The van der Waals surface area contributed by atoms with Crippen molar-refractivity contribution >= 4 is 17.4 Å². The number of amides is 1. The van der Waals surface area contributed by atoms with Crippen LogP contribution < -0.4 is 0 Å². The molecule has 0 saturated heterocycles. The van der Waals surface area contributed by atoms with Gasteiger partial charge >= 0.3 is 0 Å². The van der Waals surface area contributed by atoms with Crippen molar-refractivity contribution in [3.63, 3.8) is 0 Å². The molecule has 0 aliphatic carbocycles. The van der Waals surface area contributed by atoms with Crippen LogP contribution in [0.1, 0.15) is 24.3 Å². The van der Waals surface area contributed by atoms with Crippen LogP contribution in [0.3, 0.4) is 0 Å². The van der Waals surface area contributed by atoms with E-state index in [0.29, 0.717) is 5.69 Å². The zero-order valence-electron chi connectivity index (χ0n) is 8.39. The molecule has 0 bridgehead atoms. The zero-order valence-corrected chi connectivity index (χ0v) is 9.21. The van der Waals surface area contributed by atoms with E-state index in [2.05, 4.69) is 9.59 Å². The lowest BCUT2D eigenvalue weighted by Crippen LogP contribution is -2.47. The first kappa shape index (κ1) is 11.1. The molecule has 0 radical (unpaired) electrons. The van der Waals surface area contributed by atoms with Crippen LogP contribution in [0.4, 0.5) is 0 Å². The summed E-state index contributed by atoms with van der Waals surface area (Å²) >= 11 is 1.13. The number of carbonyl (C=O) groups excluding carboxylic acids is 1. The van der Waals surface area contributed by atoms with Gasteiger partial charge in [-0.1, -0.05) is 4.49 Å². The van der Waals surface area contributed by atoms with Crippen LogP contribution in [0.5, 0.6) is 0 Å². The van der Waals surface area contributed by atoms with Crippen molar-refractivity contribution in [2.24, 2.45) is 0 Å². The van der Waals surface area contributed by atoms with E-state index in [1.807, 2.05) is 0 Å². The van der Waals surface area contributed by atoms with Gasteiger partial charge in [-0.05, 0) is 25.4 Å². The summed E-state index contributed by atoms with van der Waals surface area (Å²) in [5.41, 5.74) is -0.264. The molecule has 1 aromatic rings. The van der Waals surface area contributed by atoms with Gasteiger partial charge < -0.3 is 10.0 Å². The third-order valence-corrected chi connectivity index (χ3v) is 2.68. The Labute approximate surface area is 86.5 Å². The van der Waals surface area contributed by atoms with Gasteiger partial charge in [-0.2, -0.15) is 0 Å². The van der Waals surface area contributed by atoms with Crippen molar-refractivity contribution in [2.45, 2.75) is 19.4 Å². The van der Waals surface area contributed by atoms with Gasteiger partial charge in [-0.25, -0.2) is 0 Å². The topological polar surface area (TPSA) is 66.3 Å². The highest BCUT2D eigenvalue weighted by Gasteiger charge is 2.28. The molecule has 1 rings (SSSR count). The molecular formula is C8H13N3O2S. The van der Waals surface area contributed by atoms with Crippen molar-refractivity contribution in [1.29, 1.82) is 0 Å². The molecule has 1 heterocycles. The number of hydrogen-bond donors (Lipinski definition) is 1. The van der Waals surface area contributed by atoms with E-state index >= 15 is 0 Å². The summed E-state index contributed by atoms with van der Waals surface area (Å²) in [6, 6.07) is 0. The summed E-state index contributed by atoms with van der Waals surface area (Å²) < 4.78 is 3.62. The molecule has 0 spiro atoms. The predicted molar refractivity (Wildman–Crippen MR) is 53.2 cm³/mol. The third-order valence-electron chi connectivity index (χ3n) is 2.18. The maximum atomic E-state index is 11.7. The average Bonchev–Trinajstić information content (AvgIpc) is 2.68. The van der Waals surface area contributed by atoms with E-state index in [9.17, 15) is 4.79 Å². The van der Waals surface area contributed by atoms with E-state index in [4.69, 9.17) is 5.11 Å². The second-order valence-corrected chi connectivity index (χ2v) is 4.23. The Balaban J connectivity index is 2.81. The molecule has 0 aliphatic heterocycles. The molecule has 1 N–H and O–H groups in total. The lowest BCUT2D eigenvalue weighted by Gasteiger charge is -2.33. The number of aliphatic hydroxyl groups is 1. The Morgan fingerprint density at radius 1 is 1.71 bits per heavy atom. The standard InChI is InChI=1S/C8H13N3O2S/c1-8(2,5-12)11(3)7(13)6-4-14-10-9-6/h4,12H,5H2,1-3H3. The number of hydrogen-bond acceptors (Lipinski definition) is 5. The highest BCUT2D eigenvalue weighted by Crippen LogP contribution is 2.14. The smallest absolute Gasteiger partial charge is 0.275 e. The fourth-order valence-electron chi connectivity index (χ4n) is 0.811. The van der Waals surface area contributed by atoms with Crippen molar-refractivity contribution in [1.82, 2.24) is 14.5 Å². The van der Waals surface area contributed by atoms with E-state index in [-0.39, 0.29) is 12.5 Å². The van der Waals surface area contributed by atoms with Gasteiger partial charge in [0.25, 0.3) is 5.91 Å². The van der Waals surface area contributed by atoms with Crippen LogP contribution in [-0.2, 0) is 0 Å². The van der Waals surface area contributed by atoms with Crippen LogP contribution in [0, 0.1) is 0 Å². The molecule has 0 aliphatic rings. The molecule has 1 aromatic heterocycles. The maximum absolute atomic E-state index is 11.7. The van der Waals surface area contributed by atoms with Crippen molar-refractivity contribution in [3.8, 4) is 0 Å². The fourth-order valence-corrected chi connectivity index (χ4v) is 1.24. The van der Waals surface area contributed by atoms with Crippen LogP contribution in [-0.4, -0.2) is 44.7 Å². The minimum atomic E-state index is -0.583. The van der Waals surface area contributed by atoms with Gasteiger partial charge in [-0.3, -0.25) is 4.79 Å². The highest BCUT2D eigenvalue weighted by molar-refractivity contribution is 7.03. The molecule has 0 atom stereocenters. The van der Waals surface area contributed by atoms with E-state index in [0.717, 1.165) is 11.5 Å². The molecule has 78 valence electrons. The molecule has 0 saturated carbocycles. The first-order valence-electron chi connectivity index (χ1n) is 4.15. The molecular weight excluding hydrogens is 202 g/mol. The maximum Gasteiger partial charge on any atom is 0.275 e. The summed E-state index contributed by atoms with van der Waals surface area (Å²) in [6.45, 7) is 3.47. The van der Waals surface area contributed by atoms with E-state index in [1.54, 1.807) is 26.3 Å². The fraction of sp³-hybridized carbons (Fsp3) is 0.625. The lowest BCUT2D eigenvalue weighted by molar-refractivity contribution is 0.0467. The Hall–Kier alpha value is -1.01. The first-order chi connectivity index (χ1) is 6.49. The number of carbonyl (C=O) groups is 1. The number of nitrogens with zero attached hydrogens (tertiary/aromatic N) is 3. The summed E-state index contributed by atoms with van der Waals surface area (Å²) in [4.78, 5) is 13.2. The lowest BCUT2D eigenvalue weighted by atomic mass is 10.1. The Morgan fingerprint density at radius 2 is 2.36 bits per heavy atom. The van der Waals surface area contributed by atoms with Crippen LogP contribution in [0.25, 0.3) is 0 Å². The summed E-state index contributed by atoms with van der Waals surface area (Å²) in [5.74, 6) is -0.224. The van der Waals surface area contributed by atoms with Crippen LogP contribution in [0.15, 0.2) is 5.38 Å². The first-order valence-corrected chi connectivity index (χ1v) is 4.99. The second kappa shape index (κ2) is 4.02. The SMILES string of the molecule is CN(C(=O)c1csnn1)C(C)(C)CO. The summed E-state index contributed by atoms with van der Waals surface area (Å²) in [6.07, 6.45) is 0. The molecule has 0 aromatic carbocycles. The largest absolute Gasteiger partial charge is 0.394 e. The Morgan fingerprint density at radius 3 is 2.79 bits per heavy atom. The quantitative estimate of drug-likeness (QED) is 0.791. The molecule has 0 fully saturated rings. The number of aromatic nitrogens is 2. The van der Waals surface area contributed by atoms with E-state index in [1.165, 1.54) is 4.90 Å². The normalized spacial score (nSPS) is 11.4. The van der Waals surface area contributed by atoms with Gasteiger partial charge in [0, 0.05) is 12.4 Å². The van der Waals surface area contributed by atoms with Gasteiger partial charge in [0.05, 0.1) is 12.1 Å². The van der Waals surface area contributed by atoms with Crippen molar-refractivity contribution in [3.05, 3.63) is 11.1 Å². The Bertz CT molecular complexity index is 310. The average molecular weight is 215 g/mol.